The highest BCUT2D eigenvalue weighted by atomic mass is 19.4. The van der Waals surface area contributed by atoms with Gasteiger partial charge in [0.1, 0.15) is 5.75 Å². The Kier molecular flexibility index (Phi) is 8.96. The number of halogens is 3. The lowest BCUT2D eigenvalue weighted by Crippen LogP contribution is -2.62. The summed E-state index contributed by atoms with van der Waals surface area (Å²) in [7, 11) is 0. The molecule has 0 radical (unpaired) electrons. The van der Waals surface area contributed by atoms with Crippen LogP contribution in [0, 0.1) is 13.8 Å². The molecule has 5 nitrogen and oxygen atoms in total. The Hall–Kier alpha value is -2.58. The van der Waals surface area contributed by atoms with Gasteiger partial charge in [0.15, 0.2) is 0 Å². The normalized spacial score (nSPS) is 21.5. The highest BCUT2D eigenvalue weighted by Crippen LogP contribution is 2.36. The zero-order valence-corrected chi connectivity index (χ0v) is 23.9. The van der Waals surface area contributed by atoms with Gasteiger partial charge in [0, 0.05) is 55.9 Å². The average molecular weight is 546 g/mol. The molecule has 0 spiro atoms. The smallest absolute Gasteiger partial charge is 0.406 e. The van der Waals surface area contributed by atoms with Gasteiger partial charge in [-0.15, -0.1) is 13.2 Å². The fourth-order valence-electron chi connectivity index (χ4n) is 6.43. The van der Waals surface area contributed by atoms with Crippen LogP contribution in [0.2, 0.25) is 0 Å². The van der Waals surface area contributed by atoms with Gasteiger partial charge in [0.05, 0.1) is 0 Å². The van der Waals surface area contributed by atoms with Crippen molar-refractivity contribution >= 4 is 5.91 Å². The lowest BCUT2D eigenvalue weighted by atomic mass is 9.85. The number of nitrogens with zero attached hydrogens (tertiary/aromatic N) is 3. The number of hydrogen-bond acceptors (Lipinski definition) is 4. The molecule has 2 aromatic carbocycles. The van der Waals surface area contributed by atoms with E-state index < -0.39 is 6.36 Å². The molecule has 2 heterocycles. The predicted molar refractivity (Wildman–Crippen MR) is 148 cm³/mol. The largest absolute Gasteiger partial charge is 0.573 e. The average Bonchev–Trinajstić information content (AvgIpc) is 2.87. The van der Waals surface area contributed by atoms with Gasteiger partial charge in [-0.05, 0) is 75.8 Å². The molecule has 2 atom stereocenters. The highest BCUT2D eigenvalue weighted by molar-refractivity contribution is 5.97. The third-order valence-corrected chi connectivity index (χ3v) is 8.73. The first kappa shape index (κ1) is 29.4. The minimum absolute atomic E-state index is 0.0365. The fourth-order valence-corrected chi connectivity index (χ4v) is 6.43. The summed E-state index contributed by atoms with van der Waals surface area (Å²) in [5.74, 6) is -0.0467. The van der Waals surface area contributed by atoms with Gasteiger partial charge in [0.25, 0.3) is 5.91 Å². The summed E-state index contributed by atoms with van der Waals surface area (Å²) in [6, 6.07) is 12.8. The first-order valence-corrected chi connectivity index (χ1v) is 14.1. The summed E-state index contributed by atoms with van der Waals surface area (Å²) in [5, 5.41) is 0. The van der Waals surface area contributed by atoms with E-state index in [4.69, 9.17) is 0 Å². The molecular formula is C31H42F3N3O2. The number of ether oxygens (including phenoxy) is 1. The Labute approximate surface area is 230 Å². The molecule has 2 fully saturated rings. The molecule has 8 heteroatoms. The zero-order valence-electron chi connectivity index (χ0n) is 23.9. The molecule has 214 valence electrons. The predicted octanol–water partition coefficient (Wildman–Crippen LogP) is 6.74. The number of likely N-dealkylation sites (tertiary alicyclic amines) is 1. The van der Waals surface area contributed by atoms with Gasteiger partial charge < -0.3 is 9.64 Å². The van der Waals surface area contributed by atoms with E-state index in [1.807, 2.05) is 36.9 Å². The topological polar surface area (TPSA) is 36.0 Å². The summed E-state index contributed by atoms with van der Waals surface area (Å²) >= 11 is 0. The molecule has 4 rings (SSSR count). The van der Waals surface area contributed by atoms with E-state index >= 15 is 0 Å². The minimum atomic E-state index is -4.69. The number of amides is 1. The van der Waals surface area contributed by atoms with E-state index in [1.54, 1.807) is 12.1 Å². The van der Waals surface area contributed by atoms with Crippen molar-refractivity contribution in [2.24, 2.45) is 0 Å². The van der Waals surface area contributed by atoms with Crippen LogP contribution in [-0.2, 0) is 0 Å². The van der Waals surface area contributed by atoms with E-state index in [-0.39, 0.29) is 23.2 Å². The Balaban J connectivity index is 1.39. The van der Waals surface area contributed by atoms with Gasteiger partial charge in [-0.25, -0.2) is 0 Å². The van der Waals surface area contributed by atoms with Gasteiger partial charge in [-0.3, -0.25) is 14.6 Å². The van der Waals surface area contributed by atoms with Crippen LogP contribution >= 0.6 is 0 Å². The molecule has 2 aliphatic heterocycles. The van der Waals surface area contributed by atoms with Crippen molar-refractivity contribution in [2.45, 2.75) is 84.3 Å². The SMILES string of the molecule is CCC[C@@H](c1ccc(OC(F)(F)F)cc1)N1CCN(C2(C)CCN(C(=O)c3c(C)cccc3C)CC2)C[C@@H]1C. The quantitative estimate of drug-likeness (QED) is 0.386. The van der Waals surface area contributed by atoms with Gasteiger partial charge in [0.2, 0.25) is 0 Å². The maximum Gasteiger partial charge on any atom is 0.573 e. The Morgan fingerprint density at radius 2 is 1.64 bits per heavy atom. The summed E-state index contributed by atoms with van der Waals surface area (Å²) in [4.78, 5) is 20.4. The maximum atomic E-state index is 13.3. The summed E-state index contributed by atoms with van der Waals surface area (Å²) in [5.41, 5.74) is 3.96. The number of alkyl halides is 3. The van der Waals surface area contributed by atoms with E-state index in [2.05, 4.69) is 35.3 Å². The summed E-state index contributed by atoms with van der Waals surface area (Å²) < 4.78 is 41.9. The van der Waals surface area contributed by atoms with Gasteiger partial charge in [-0.2, -0.15) is 0 Å². The lowest BCUT2D eigenvalue weighted by Gasteiger charge is -2.53. The van der Waals surface area contributed by atoms with Gasteiger partial charge >= 0.3 is 6.36 Å². The van der Waals surface area contributed by atoms with E-state index in [1.165, 1.54) is 12.1 Å². The van der Waals surface area contributed by atoms with Crippen LogP contribution in [-0.4, -0.2) is 71.3 Å². The summed E-state index contributed by atoms with van der Waals surface area (Å²) in [6.07, 6.45) is -0.879. The molecule has 0 bridgehead atoms. The number of rotatable bonds is 7. The number of aryl methyl sites for hydroxylation is 2. The van der Waals surface area contributed by atoms with Crippen molar-refractivity contribution in [2.75, 3.05) is 32.7 Å². The fraction of sp³-hybridized carbons (Fsp3) is 0.581. The maximum absolute atomic E-state index is 13.3. The van der Waals surface area contributed by atoms with Gasteiger partial charge in [-0.1, -0.05) is 43.7 Å². The van der Waals surface area contributed by atoms with Crippen LogP contribution in [0.15, 0.2) is 42.5 Å². The number of benzene rings is 2. The molecule has 2 aliphatic rings. The van der Waals surface area contributed by atoms with Crippen LogP contribution in [0.4, 0.5) is 13.2 Å². The Morgan fingerprint density at radius 3 is 2.18 bits per heavy atom. The Bertz CT molecular complexity index is 1110. The van der Waals surface area contributed by atoms with Crippen LogP contribution in [0.5, 0.6) is 5.75 Å². The van der Waals surface area contributed by atoms with Crippen LogP contribution in [0.3, 0.4) is 0 Å². The van der Waals surface area contributed by atoms with Crippen LogP contribution in [0.1, 0.15) is 79.5 Å². The molecule has 2 saturated heterocycles. The number of piperazine rings is 1. The highest BCUT2D eigenvalue weighted by Gasteiger charge is 2.41. The van der Waals surface area contributed by atoms with Crippen molar-refractivity contribution in [1.29, 1.82) is 0 Å². The van der Waals surface area contributed by atoms with E-state index in [0.717, 1.165) is 80.7 Å². The monoisotopic (exact) mass is 545 g/mol. The van der Waals surface area contributed by atoms with Crippen molar-refractivity contribution in [3.05, 3.63) is 64.7 Å². The lowest BCUT2D eigenvalue weighted by molar-refractivity contribution is -0.274. The van der Waals surface area contributed by atoms with E-state index in [9.17, 15) is 18.0 Å². The number of carbonyl (C=O) groups is 1. The molecule has 0 saturated carbocycles. The van der Waals surface area contributed by atoms with Crippen molar-refractivity contribution in [1.82, 2.24) is 14.7 Å². The van der Waals surface area contributed by atoms with Crippen molar-refractivity contribution in [3.8, 4) is 5.75 Å². The van der Waals surface area contributed by atoms with Crippen LogP contribution in [0.25, 0.3) is 0 Å². The standard InChI is InChI=1S/C31H42F3N3O2/c1-6-8-27(25-11-13-26(14-12-25)39-31(32,33)34)37-20-19-36(21-24(37)4)30(5)15-17-35(18-16-30)29(38)28-22(2)9-7-10-23(28)3/h7,9-14,24,27H,6,8,15-21H2,1-5H3/t24-,27-/m0/s1. The molecule has 0 aromatic heterocycles. The van der Waals surface area contributed by atoms with Crippen molar-refractivity contribution in [3.63, 3.8) is 0 Å². The third-order valence-electron chi connectivity index (χ3n) is 8.73. The molecule has 2 aromatic rings. The third kappa shape index (κ3) is 6.77. The molecule has 0 N–H and O–H groups in total. The zero-order chi connectivity index (χ0) is 28.4. The second kappa shape index (κ2) is 11.9. The second-order valence-electron chi connectivity index (χ2n) is 11.5. The minimum Gasteiger partial charge on any atom is -0.406 e. The number of piperidine rings is 1. The number of carbonyl (C=O) groups excluding carboxylic acids is 1. The van der Waals surface area contributed by atoms with Crippen molar-refractivity contribution < 1.29 is 22.7 Å². The Morgan fingerprint density at radius 1 is 1.03 bits per heavy atom. The van der Waals surface area contributed by atoms with Crippen LogP contribution < -0.4 is 4.74 Å². The molecule has 0 unspecified atom stereocenters. The molecule has 1 amide bonds. The van der Waals surface area contributed by atoms with E-state index in [0.29, 0.717) is 6.04 Å². The number of hydrogen-bond donors (Lipinski definition) is 0. The molecule has 0 aliphatic carbocycles. The summed E-state index contributed by atoms with van der Waals surface area (Å²) in [6.45, 7) is 15.0. The first-order valence-electron chi connectivity index (χ1n) is 14.1. The molecular weight excluding hydrogens is 503 g/mol. The first-order chi connectivity index (χ1) is 18.4. The second-order valence-corrected chi connectivity index (χ2v) is 11.5. The molecule has 39 heavy (non-hydrogen) atoms.